The van der Waals surface area contributed by atoms with E-state index in [2.05, 4.69) is 4.98 Å². The topological polar surface area (TPSA) is 59.4 Å². The van der Waals surface area contributed by atoms with Crippen molar-refractivity contribution in [3.8, 4) is 11.1 Å². The van der Waals surface area contributed by atoms with Gasteiger partial charge in [-0.3, -0.25) is 4.57 Å². The van der Waals surface area contributed by atoms with Gasteiger partial charge in [0, 0.05) is 32.3 Å². The molecule has 0 aliphatic carbocycles. The second-order valence-electron chi connectivity index (χ2n) is 8.06. The molecule has 0 fully saturated rings. The third-order valence-electron chi connectivity index (χ3n) is 5.65. The van der Waals surface area contributed by atoms with Crippen LogP contribution in [0.3, 0.4) is 0 Å². The molecule has 0 amide bonds. The molecule has 0 radical (unpaired) electrons. The highest BCUT2D eigenvalue weighted by Gasteiger charge is 2.39. The maximum atomic E-state index is 14.0. The van der Waals surface area contributed by atoms with Crippen LogP contribution >= 0.6 is 18.9 Å². The van der Waals surface area contributed by atoms with Gasteiger partial charge in [-0.25, -0.2) is 13.8 Å². The van der Waals surface area contributed by atoms with E-state index in [1.807, 2.05) is 31.2 Å². The molecule has 4 nitrogen and oxygen atoms in total. The minimum absolute atomic E-state index is 0.0597. The molecule has 0 aliphatic heterocycles. The van der Waals surface area contributed by atoms with Gasteiger partial charge in [-0.05, 0) is 55.7 Å². The van der Waals surface area contributed by atoms with E-state index in [4.69, 9.17) is 4.52 Å². The average molecular weight is 505 g/mol. The number of fused-ring (bicyclic) bond motifs is 1. The molecule has 34 heavy (non-hydrogen) atoms. The Morgan fingerprint density at radius 2 is 1.85 bits per heavy atom. The van der Waals surface area contributed by atoms with E-state index in [0.29, 0.717) is 28.0 Å². The van der Waals surface area contributed by atoms with Crippen molar-refractivity contribution < 1.29 is 27.2 Å². The van der Waals surface area contributed by atoms with E-state index >= 15 is 0 Å². The zero-order valence-electron chi connectivity index (χ0n) is 18.5. The van der Waals surface area contributed by atoms with Crippen LogP contribution in [-0.2, 0) is 15.5 Å². The molecule has 1 N–H and O–H groups in total. The smallest absolute Gasteiger partial charge is 0.324 e. The molecule has 4 aromatic rings. The molecule has 2 aromatic carbocycles. The Bertz CT molecular complexity index is 1360. The molecule has 0 spiro atoms. The van der Waals surface area contributed by atoms with Crippen molar-refractivity contribution >= 4 is 29.0 Å². The molecule has 2 aromatic heterocycles. The predicted molar refractivity (Wildman–Crippen MR) is 128 cm³/mol. The van der Waals surface area contributed by atoms with E-state index in [0.717, 1.165) is 22.2 Å². The van der Waals surface area contributed by atoms with Gasteiger partial charge in [0.2, 0.25) is 5.95 Å². The van der Waals surface area contributed by atoms with Gasteiger partial charge < -0.3 is 9.42 Å². The first kappa shape index (κ1) is 24.6. The summed E-state index contributed by atoms with van der Waals surface area (Å²) in [6, 6.07) is 13.7. The predicted octanol–water partition coefficient (Wildman–Crippen LogP) is 7.66. The van der Waals surface area contributed by atoms with Crippen molar-refractivity contribution in [1.29, 1.82) is 0 Å². The second kappa shape index (κ2) is 10.0. The summed E-state index contributed by atoms with van der Waals surface area (Å²) in [5.41, 5.74) is 0.505. The second-order valence-corrected chi connectivity index (χ2v) is 11.1. The summed E-state index contributed by atoms with van der Waals surface area (Å²) < 4.78 is 61.2. The van der Waals surface area contributed by atoms with Crippen LogP contribution in [0.2, 0.25) is 0 Å². The van der Waals surface area contributed by atoms with E-state index in [1.54, 1.807) is 13.0 Å². The Kier molecular flexibility index (Phi) is 7.24. The lowest BCUT2D eigenvalue weighted by Gasteiger charge is -2.26. The van der Waals surface area contributed by atoms with Gasteiger partial charge in [0.25, 0.3) is 0 Å². The molecule has 3 atom stereocenters. The first-order valence-electron chi connectivity index (χ1n) is 10.8. The SMILES string of the molecule is CCC(C)OP(=O)(O)C(Cc1ccc(F)c(F)c1)c1sc2ccccc2c1-c1ccc(F)nc1. The van der Waals surface area contributed by atoms with Crippen LogP contribution in [0.5, 0.6) is 0 Å². The average Bonchev–Trinajstić information content (AvgIpc) is 3.18. The summed E-state index contributed by atoms with van der Waals surface area (Å²) in [7, 11) is -4.30. The maximum absolute atomic E-state index is 14.0. The minimum atomic E-state index is -4.30. The molecular formula is C25H23F3NO3PS. The Balaban J connectivity index is 1.92. The fourth-order valence-corrected chi connectivity index (χ4v) is 7.22. The van der Waals surface area contributed by atoms with Gasteiger partial charge in [-0.15, -0.1) is 11.3 Å². The summed E-state index contributed by atoms with van der Waals surface area (Å²) >= 11 is 1.32. The zero-order chi connectivity index (χ0) is 24.5. The third-order valence-corrected chi connectivity index (χ3v) is 9.00. The number of halogens is 3. The third kappa shape index (κ3) is 5.10. The van der Waals surface area contributed by atoms with Gasteiger partial charge in [-0.2, -0.15) is 4.39 Å². The quantitative estimate of drug-likeness (QED) is 0.197. The summed E-state index contributed by atoms with van der Waals surface area (Å²) in [5.74, 6) is -2.68. The lowest BCUT2D eigenvalue weighted by molar-refractivity contribution is 0.180. The van der Waals surface area contributed by atoms with Gasteiger partial charge in [0.15, 0.2) is 11.6 Å². The summed E-state index contributed by atoms with van der Waals surface area (Å²) in [4.78, 5) is 15.4. The van der Waals surface area contributed by atoms with Gasteiger partial charge in [-0.1, -0.05) is 31.2 Å². The summed E-state index contributed by atoms with van der Waals surface area (Å²) in [6.45, 7) is 3.54. The molecule has 0 bridgehead atoms. The molecule has 3 unspecified atom stereocenters. The molecule has 9 heteroatoms. The molecule has 2 heterocycles. The van der Waals surface area contributed by atoms with Crippen LogP contribution in [-0.4, -0.2) is 16.0 Å². The molecular weight excluding hydrogens is 482 g/mol. The number of hydrogen-bond acceptors (Lipinski definition) is 4. The van der Waals surface area contributed by atoms with Crippen molar-refractivity contribution in [2.45, 2.75) is 38.5 Å². The van der Waals surface area contributed by atoms with Crippen LogP contribution in [0.25, 0.3) is 21.2 Å². The lowest BCUT2D eigenvalue weighted by Crippen LogP contribution is -2.12. The van der Waals surface area contributed by atoms with Crippen molar-refractivity contribution in [2.24, 2.45) is 0 Å². The Morgan fingerprint density at radius 1 is 1.09 bits per heavy atom. The van der Waals surface area contributed by atoms with E-state index < -0.39 is 36.9 Å². The van der Waals surface area contributed by atoms with Crippen LogP contribution < -0.4 is 0 Å². The van der Waals surface area contributed by atoms with Crippen LogP contribution in [0.1, 0.15) is 36.4 Å². The van der Waals surface area contributed by atoms with Crippen LogP contribution in [0, 0.1) is 17.6 Å². The number of rotatable bonds is 8. The number of hydrogen-bond donors (Lipinski definition) is 1. The van der Waals surface area contributed by atoms with Crippen molar-refractivity contribution in [1.82, 2.24) is 4.98 Å². The first-order valence-corrected chi connectivity index (χ1v) is 13.2. The highest BCUT2D eigenvalue weighted by Crippen LogP contribution is 2.62. The van der Waals surface area contributed by atoms with Gasteiger partial charge in [0.05, 0.1) is 6.10 Å². The zero-order valence-corrected chi connectivity index (χ0v) is 20.3. The van der Waals surface area contributed by atoms with E-state index in [1.165, 1.54) is 29.7 Å². The summed E-state index contributed by atoms with van der Waals surface area (Å²) in [6.07, 6.45) is 1.34. The standard InChI is InChI=1S/C25H23F3NO3PS/c1-3-15(2)32-33(30,31)21(13-16-8-10-19(26)20(27)12-16)25-24(17-9-11-23(28)29-14-17)18-6-4-5-7-22(18)34-25/h4-12,14-15,21H,3,13H2,1-2H3,(H,30,31). The fourth-order valence-electron chi connectivity index (χ4n) is 3.77. The lowest BCUT2D eigenvalue weighted by atomic mass is 10.00. The molecule has 0 saturated heterocycles. The number of pyridine rings is 1. The van der Waals surface area contributed by atoms with Crippen molar-refractivity contribution in [3.63, 3.8) is 0 Å². The Labute approximate surface area is 199 Å². The van der Waals surface area contributed by atoms with Gasteiger partial charge >= 0.3 is 7.60 Å². The minimum Gasteiger partial charge on any atom is -0.324 e. The monoisotopic (exact) mass is 505 g/mol. The first-order chi connectivity index (χ1) is 16.2. The number of thiophene rings is 1. The Hall–Kier alpha value is -2.51. The molecule has 0 aliphatic rings. The van der Waals surface area contributed by atoms with Crippen LogP contribution in [0.4, 0.5) is 13.2 Å². The molecule has 0 saturated carbocycles. The highest BCUT2D eigenvalue weighted by molar-refractivity contribution is 7.53. The highest BCUT2D eigenvalue weighted by atomic mass is 32.1. The Morgan fingerprint density at radius 3 is 2.53 bits per heavy atom. The maximum Gasteiger partial charge on any atom is 0.336 e. The number of benzene rings is 2. The summed E-state index contributed by atoms with van der Waals surface area (Å²) in [5, 5.41) is 0.815. The van der Waals surface area contributed by atoms with Gasteiger partial charge in [0.1, 0.15) is 5.66 Å². The van der Waals surface area contributed by atoms with Crippen molar-refractivity contribution in [2.75, 3.05) is 0 Å². The van der Waals surface area contributed by atoms with Crippen molar-refractivity contribution in [3.05, 3.63) is 88.8 Å². The molecule has 178 valence electrons. The molecule has 4 rings (SSSR count). The van der Waals surface area contributed by atoms with E-state index in [9.17, 15) is 22.6 Å². The van der Waals surface area contributed by atoms with E-state index in [-0.39, 0.29) is 6.42 Å². The number of nitrogens with zero attached hydrogens (tertiary/aromatic N) is 1. The van der Waals surface area contributed by atoms with Crippen LogP contribution in [0.15, 0.2) is 60.8 Å². The normalized spacial score (nSPS) is 15.2. The largest absolute Gasteiger partial charge is 0.336 e. The fraction of sp³-hybridized carbons (Fsp3) is 0.240. The number of aromatic nitrogens is 1.